The highest BCUT2D eigenvalue weighted by atomic mass is 16.1. The highest BCUT2D eigenvalue weighted by molar-refractivity contribution is 6.00. The van der Waals surface area contributed by atoms with Crippen molar-refractivity contribution >= 4 is 16.6 Å². The number of hydrogen-bond acceptors (Lipinski definition) is 1. The van der Waals surface area contributed by atoms with Crippen LogP contribution >= 0.6 is 0 Å². The Morgan fingerprint density at radius 2 is 1.68 bits per heavy atom. The fourth-order valence-corrected chi connectivity index (χ4v) is 2.64. The molecular weight excluding hydrogens is 232 g/mol. The summed E-state index contributed by atoms with van der Waals surface area (Å²) in [7, 11) is 0. The number of carbonyl (C=O) groups excluding carboxylic acids is 1. The molecule has 1 nitrogen and oxygen atoms in total. The van der Waals surface area contributed by atoms with Crippen molar-refractivity contribution in [1.29, 1.82) is 0 Å². The summed E-state index contributed by atoms with van der Waals surface area (Å²) in [6.07, 6.45) is 4.33. The van der Waals surface area contributed by atoms with E-state index in [0.717, 1.165) is 24.8 Å². The smallest absolute Gasteiger partial charge is 0.160 e. The van der Waals surface area contributed by atoms with Gasteiger partial charge >= 0.3 is 0 Å². The quantitative estimate of drug-likeness (QED) is 0.690. The summed E-state index contributed by atoms with van der Waals surface area (Å²) in [5, 5.41) is 2.43. The van der Waals surface area contributed by atoms with E-state index >= 15 is 0 Å². The molecule has 0 saturated heterocycles. The number of carbonyl (C=O) groups is 1. The summed E-state index contributed by atoms with van der Waals surface area (Å²) in [6.45, 7) is 6.01. The maximum atomic E-state index is 11.8. The lowest BCUT2D eigenvalue weighted by Crippen LogP contribution is -2.00. The van der Waals surface area contributed by atoms with E-state index in [1.165, 1.54) is 28.3 Å². The number of ketones is 1. The zero-order valence-corrected chi connectivity index (χ0v) is 12.1. The van der Waals surface area contributed by atoms with Gasteiger partial charge in [-0.05, 0) is 47.7 Å². The van der Waals surface area contributed by atoms with Gasteiger partial charge in [-0.1, -0.05) is 51.0 Å². The Kier molecular flexibility index (Phi) is 4.36. The lowest BCUT2D eigenvalue weighted by atomic mass is 9.94. The van der Waals surface area contributed by atoms with Gasteiger partial charge in [-0.15, -0.1) is 0 Å². The van der Waals surface area contributed by atoms with Crippen LogP contribution in [0.5, 0.6) is 0 Å². The first kappa shape index (κ1) is 13.8. The van der Waals surface area contributed by atoms with Gasteiger partial charge in [0.2, 0.25) is 0 Å². The monoisotopic (exact) mass is 254 g/mol. The Balaban J connectivity index is 2.56. The van der Waals surface area contributed by atoms with E-state index in [0.29, 0.717) is 0 Å². The van der Waals surface area contributed by atoms with Gasteiger partial charge in [0.1, 0.15) is 0 Å². The highest BCUT2D eigenvalue weighted by Gasteiger charge is 2.09. The summed E-state index contributed by atoms with van der Waals surface area (Å²) in [5.74, 6) is 0.169. The van der Waals surface area contributed by atoms with E-state index in [1.807, 2.05) is 0 Å². The second kappa shape index (κ2) is 6.01. The Morgan fingerprint density at radius 1 is 0.947 bits per heavy atom. The maximum absolute atomic E-state index is 11.8. The van der Waals surface area contributed by atoms with Crippen molar-refractivity contribution in [2.45, 2.75) is 46.5 Å². The Hall–Kier alpha value is -1.63. The first-order valence-corrected chi connectivity index (χ1v) is 7.22. The molecule has 0 atom stereocenters. The summed E-state index contributed by atoms with van der Waals surface area (Å²) in [5.41, 5.74) is 3.46. The van der Waals surface area contributed by atoms with Gasteiger partial charge in [-0.2, -0.15) is 0 Å². The van der Waals surface area contributed by atoms with Crippen molar-refractivity contribution in [3.05, 3.63) is 47.0 Å². The van der Waals surface area contributed by atoms with Gasteiger partial charge in [-0.3, -0.25) is 4.79 Å². The molecule has 2 rings (SSSR count). The molecule has 0 N–H and O–H groups in total. The van der Waals surface area contributed by atoms with Crippen LogP contribution in [0.1, 0.15) is 55.1 Å². The molecule has 0 radical (unpaired) electrons. The van der Waals surface area contributed by atoms with Crippen molar-refractivity contribution < 1.29 is 4.79 Å². The molecule has 0 aromatic heterocycles. The maximum Gasteiger partial charge on any atom is 0.160 e. The van der Waals surface area contributed by atoms with Crippen molar-refractivity contribution in [1.82, 2.24) is 0 Å². The molecule has 100 valence electrons. The van der Waals surface area contributed by atoms with Gasteiger partial charge in [0.25, 0.3) is 0 Å². The summed E-state index contributed by atoms with van der Waals surface area (Å²) in [4.78, 5) is 11.8. The Labute approximate surface area is 115 Å². The van der Waals surface area contributed by atoms with E-state index in [9.17, 15) is 4.79 Å². The first-order chi connectivity index (χ1) is 9.15. The molecule has 0 spiro atoms. The molecule has 0 bridgehead atoms. The van der Waals surface area contributed by atoms with Crippen LogP contribution in [0.25, 0.3) is 10.8 Å². The van der Waals surface area contributed by atoms with Crippen LogP contribution in [-0.4, -0.2) is 5.78 Å². The number of hydrogen-bond donors (Lipinski definition) is 0. The third-order valence-electron chi connectivity index (χ3n) is 3.56. The molecule has 1 heteroatoms. The van der Waals surface area contributed by atoms with Crippen LogP contribution in [-0.2, 0) is 12.8 Å². The molecule has 0 amide bonds. The van der Waals surface area contributed by atoms with Gasteiger partial charge in [0.05, 0.1) is 0 Å². The summed E-state index contributed by atoms with van der Waals surface area (Å²) >= 11 is 0. The average molecular weight is 254 g/mol. The van der Waals surface area contributed by atoms with Gasteiger partial charge in [0, 0.05) is 5.56 Å². The van der Waals surface area contributed by atoms with E-state index in [1.54, 1.807) is 6.92 Å². The van der Waals surface area contributed by atoms with E-state index in [2.05, 4.69) is 44.2 Å². The van der Waals surface area contributed by atoms with Gasteiger partial charge in [0.15, 0.2) is 5.78 Å². The summed E-state index contributed by atoms with van der Waals surface area (Å²) < 4.78 is 0. The Morgan fingerprint density at radius 3 is 2.32 bits per heavy atom. The van der Waals surface area contributed by atoms with Crippen molar-refractivity contribution in [2.24, 2.45) is 0 Å². The fourth-order valence-electron chi connectivity index (χ4n) is 2.64. The largest absolute Gasteiger partial charge is 0.295 e. The second-order valence-electron chi connectivity index (χ2n) is 5.25. The third kappa shape index (κ3) is 3.04. The van der Waals surface area contributed by atoms with Crippen LogP contribution in [0.2, 0.25) is 0 Å². The Bertz CT molecular complexity index is 596. The SMILES string of the molecule is CCCc1ccc2cc(C(C)=O)c(CCC)cc2c1. The minimum Gasteiger partial charge on any atom is -0.295 e. The minimum absolute atomic E-state index is 0.169. The standard InChI is InChI=1S/C18H22O/c1-4-6-14-8-9-15-12-18(13(3)19)16(7-5-2)11-17(15)10-14/h8-12H,4-7H2,1-3H3. The zero-order chi connectivity index (χ0) is 13.8. The molecule has 0 aliphatic rings. The van der Waals surface area contributed by atoms with Crippen LogP contribution in [0.4, 0.5) is 0 Å². The fraction of sp³-hybridized carbons (Fsp3) is 0.389. The van der Waals surface area contributed by atoms with Crippen LogP contribution in [0.3, 0.4) is 0 Å². The average Bonchev–Trinajstić information content (AvgIpc) is 2.38. The molecule has 0 aliphatic heterocycles. The molecule has 0 saturated carbocycles. The predicted molar refractivity (Wildman–Crippen MR) is 81.9 cm³/mol. The molecule has 0 aliphatic carbocycles. The van der Waals surface area contributed by atoms with Crippen LogP contribution < -0.4 is 0 Å². The molecule has 0 heterocycles. The van der Waals surface area contributed by atoms with Crippen molar-refractivity contribution in [3.8, 4) is 0 Å². The van der Waals surface area contributed by atoms with Gasteiger partial charge < -0.3 is 0 Å². The van der Waals surface area contributed by atoms with Gasteiger partial charge in [-0.25, -0.2) is 0 Å². The lowest BCUT2D eigenvalue weighted by Gasteiger charge is -2.10. The van der Waals surface area contributed by atoms with Crippen molar-refractivity contribution in [3.63, 3.8) is 0 Å². The molecule has 19 heavy (non-hydrogen) atoms. The topological polar surface area (TPSA) is 17.1 Å². The number of benzene rings is 2. The predicted octanol–water partition coefficient (Wildman–Crippen LogP) is 4.95. The third-order valence-corrected chi connectivity index (χ3v) is 3.56. The minimum atomic E-state index is 0.169. The number of fused-ring (bicyclic) bond motifs is 1. The van der Waals surface area contributed by atoms with Crippen LogP contribution in [0, 0.1) is 0 Å². The molecule has 2 aromatic carbocycles. The summed E-state index contributed by atoms with van der Waals surface area (Å²) in [6, 6.07) is 10.8. The lowest BCUT2D eigenvalue weighted by molar-refractivity contribution is 0.101. The van der Waals surface area contributed by atoms with E-state index in [4.69, 9.17) is 0 Å². The molecular formula is C18H22O. The second-order valence-corrected chi connectivity index (χ2v) is 5.25. The van der Waals surface area contributed by atoms with E-state index < -0.39 is 0 Å². The first-order valence-electron chi connectivity index (χ1n) is 7.22. The highest BCUT2D eigenvalue weighted by Crippen LogP contribution is 2.23. The molecule has 2 aromatic rings. The normalized spacial score (nSPS) is 10.9. The van der Waals surface area contributed by atoms with Crippen molar-refractivity contribution in [2.75, 3.05) is 0 Å². The molecule has 0 fully saturated rings. The molecule has 0 unspecified atom stereocenters. The van der Waals surface area contributed by atoms with E-state index in [-0.39, 0.29) is 5.78 Å². The number of Topliss-reactive ketones (excluding diaryl/α,β-unsaturated/α-hetero) is 1. The number of rotatable bonds is 5. The number of aryl methyl sites for hydroxylation is 2. The van der Waals surface area contributed by atoms with Crippen LogP contribution in [0.15, 0.2) is 30.3 Å². The zero-order valence-electron chi connectivity index (χ0n) is 12.1.